The van der Waals surface area contributed by atoms with Gasteiger partial charge in [0.15, 0.2) is 0 Å². The van der Waals surface area contributed by atoms with Gasteiger partial charge in [-0.05, 0) is 36.1 Å². The van der Waals surface area contributed by atoms with E-state index in [2.05, 4.69) is 10.6 Å². The lowest BCUT2D eigenvalue weighted by molar-refractivity contribution is -0.118. The number of hydrogen-bond donors (Lipinski definition) is 2. The number of anilines is 1. The van der Waals surface area contributed by atoms with Crippen LogP contribution in [0.25, 0.3) is 0 Å². The molecule has 1 aromatic heterocycles. The number of nitrogens with one attached hydrogen (secondary N) is 2. The van der Waals surface area contributed by atoms with Crippen LogP contribution in [0.5, 0.6) is 5.75 Å². The Hall–Kier alpha value is -4.07. The molecule has 8 nitrogen and oxygen atoms in total. The molecule has 1 fully saturated rings. The molecule has 1 saturated heterocycles. The number of benzene rings is 2. The van der Waals surface area contributed by atoms with Gasteiger partial charge >= 0.3 is 6.03 Å². The molecular weight excluding hydrogens is 456 g/mol. The molecule has 5 rings (SSSR count). The first kappa shape index (κ1) is 23.7. The number of rotatable bonds is 6. The highest BCUT2D eigenvalue weighted by Crippen LogP contribution is 2.35. The molecule has 0 aliphatic carbocycles. The molecule has 2 N–H and O–H groups in total. The predicted molar refractivity (Wildman–Crippen MR) is 137 cm³/mol. The summed E-state index contributed by atoms with van der Waals surface area (Å²) in [5.41, 5.74) is 2.54. The van der Waals surface area contributed by atoms with E-state index in [4.69, 9.17) is 4.74 Å². The Kier molecular flexibility index (Phi) is 6.75. The third kappa shape index (κ3) is 5.12. The summed E-state index contributed by atoms with van der Waals surface area (Å²) >= 11 is 0. The minimum Gasteiger partial charge on any atom is -0.497 e. The summed E-state index contributed by atoms with van der Waals surface area (Å²) in [6, 6.07) is 21.1. The van der Waals surface area contributed by atoms with E-state index in [0.29, 0.717) is 37.5 Å². The number of fused-ring (bicyclic) bond motifs is 4. The van der Waals surface area contributed by atoms with Gasteiger partial charge in [0, 0.05) is 55.5 Å². The van der Waals surface area contributed by atoms with Crippen LogP contribution in [-0.2, 0) is 17.8 Å². The SMILES string of the molecule is COc1cccc(NC(=O)[C@H](Cc2ccccc2)NC(=O)N2C[C@@H]3C[C@H](C2)c2cccc(=O)n2C3)c1. The maximum Gasteiger partial charge on any atom is 0.318 e. The van der Waals surface area contributed by atoms with Crippen molar-refractivity contribution >= 4 is 17.6 Å². The lowest BCUT2D eigenvalue weighted by Gasteiger charge is -2.43. The minimum atomic E-state index is -0.761. The number of piperidine rings is 1. The first-order chi connectivity index (χ1) is 17.5. The van der Waals surface area contributed by atoms with E-state index in [1.165, 1.54) is 0 Å². The number of methoxy groups -OCH3 is 1. The van der Waals surface area contributed by atoms with Crippen LogP contribution >= 0.6 is 0 Å². The maximum atomic E-state index is 13.4. The molecule has 36 heavy (non-hydrogen) atoms. The van der Waals surface area contributed by atoms with Crippen molar-refractivity contribution in [1.82, 2.24) is 14.8 Å². The van der Waals surface area contributed by atoms with E-state index in [0.717, 1.165) is 17.7 Å². The van der Waals surface area contributed by atoms with E-state index < -0.39 is 6.04 Å². The maximum absolute atomic E-state index is 13.4. The van der Waals surface area contributed by atoms with Crippen molar-refractivity contribution in [2.75, 3.05) is 25.5 Å². The number of hydrogen-bond acceptors (Lipinski definition) is 4. The van der Waals surface area contributed by atoms with E-state index >= 15 is 0 Å². The lowest BCUT2D eigenvalue weighted by atomic mass is 9.83. The highest BCUT2D eigenvalue weighted by atomic mass is 16.5. The quantitative estimate of drug-likeness (QED) is 0.560. The fourth-order valence-electron chi connectivity index (χ4n) is 5.29. The van der Waals surface area contributed by atoms with E-state index in [-0.39, 0.29) is 29.3 Å². The minimum absolute atomic E-state index is 0.0113. The van der Waals surface area contributed by atoms with Crippen molar-refractivity contribution < 1.29 is 14.3 Å². The van der Waals surface area contributed by atoms with E-state index in [9.17, 15) is 14.4 Å². The number of ether oxygens (including phenoxy) is 1. The van der Waals surface area contributed by atoms with E-state index in [1.54, 1.807) is 48.4 Å². The second-order valence-electron chi connectivity index (χ2n) is 9.52. The molecule has 2 aromatic carbocycles. The summed E-state index contributed by atoms with van der Waals surface area (Å²) in [7, 11) is 1.57. The van der Waals surface area contributed by atoms with Crippen LogP contribution < -0.4 is 20.9 Å². The molecule has 2 aliphatic heterocycles. The van der Waals surface area contributed by atoms with Crippen molar-refractivity contribution in [3.05, 3.63) is 94.4 Å². The van der Waals surface area contributed by atoms with Gasteiger partial charge in [-0.3, -0.25) is 9.59 Å². The predicted octanol–water partition coefficient (Wildman–Crippen LogP) is 3.24. The molecule has 3 aromatic rings. The molecule has 3 heterocycles. The molecule has 186 valence electrons. The molecule has 3 amide bonds. The average Bonchev–Trinajstić information content (AvgIpc) is 2.89. The highest BCUT2D eigenvalue weighted by molar-refractivity contribution is 5.97. The zero-order valence-corrected chi connectivity index (χ0v) is 20.2. The van der Waals surface area contributed by atoms with Crippen LogP contribution in [0.1, 0.15) is 23.6 Å². The van der Waals surface area contributed by atoms with Gasteiger partial charge in [-0.2, -0.15) is 0 Å². The zero-order chi connectivity index (χ0) is 25.1. The normalized spacial score (nSPS) is 19.1. The second kappa shape index (κ2) is 10.3. The van der Waals surface area contributed by atoms with Gasteiger partial charge in [0.25, 0.3) is 5.56 Å². The Morgan fingerprint density at radius 2 is 1.81 bits per heavy atom. The Bertz CT molecular complexity index is 1310. The van der Waals surface area contributed by atoms with Crippen LogP contribution in [0.3, 0.4) is 0 Å². The van der Waals surface area contributed by atoms with Gasteiger partial charge in [-0.1, -0.05) is 42.5 Å². The van der Waals surface area contributed by atoms with Crippen LogP contribution in [0.15, 0.2) is 77.6 Å². The first-order valence-corrected chi connectivity index (χ1v) is 12.2. The number of urea groups is 1. The Balaban J connectivity index is 1.32. The standard InChI is InChI=1S/C28H30N4O4/c1-36-23-10-5-9-22(15-23)29-27(34)24(14-19-7-3-2-4-8-19)30-28(35)31-16-20-13-21(18-31)25-11-6-12-26(33)32(25)17-20/h2-12,15,20-21,24H,13-14,16-18H2,1H3,(H,29,34)(H,30,35)/t20-,21+,24-/m0/s1. The molecule has 0 saturated carbocycles. The summed E-state index contributed by atoms with van der Waals surface area (Å²) < 4.78 is 7.10. The summed E-state index contributed by atoms with van der Waals surface area (Å²) in [4.78, 5) is 40.8. The van der Waals surface area contributed by atoms with Crippen molar-refractivity contribution in [2.45, 2.75) is 31.3 Å². The smallest absolute Gasteiger partial charge is 0.318 e. The van der Waals surface area contributed by atoms with Gasteiger partial charge in [-0.15, -0.1) is 0 Å². The van der Waals surface area contributed by atoms with Gasteiger partial charge in [0.05, 0.1) is 7.11 Å². The van der Waals surface area contributed by atoms with Gasteiger partial charge in [0.1, 0.15) is 11.8 Å². The third-order valence-corrected chi connectivity index (χ3v) is 7.00. The van der Waals surface area contributed by atoms with Crippen molar-refractivity contribution in [3.63, 3.8) is 0 Å². The van der Waals surface area contributed by atoms with Gasteiger partial charge in [0.2, 0.25) is 5.91 Å². The number of aromatic nitrogens is 1. The lowest BCUT2D eigenvalue weighted by Crippen LogP contribution is -2.55. The molecule has 0 radical (unpaired) electrons. The fourth-order valence-corrected chi connectivity index (χ4v) is 5.29. The highest BCUT2D eigenvalue weighted by Gasteiger charge is 2.37. The molecule has 8 heteroatoms. The molecule has 3 atom stereocenters. The Morgan fingerprint density at radius 1 is 1.00 bits per heavy atom. The van der Waals surface area contributed by atoms with Gasteiger partial charge in [-0.25, -0.2) is 4.79 Å². The molecule has 2 bridgehead atoms. The number of carbonyl (C=O) groups is 2. The van der Waals surface area contributed by atoms with Crippen LogP contribution in [0, 0.1) is 5.92 Å². The topological polar surface area (TPSA) is 92.7 Å². The monoisotopic (exact) mass is 486 g/mol. The average molecular weight is 487 g/mol. The number of nitrogens with zero attached hydrogens (tertiary/aromatic N) is 2. The van der Waals surface area contributed by atoms with Crippen LogP contribution in [0.2, 0.25) is 0 Å². The summed E-state index contributed by atoms with van der Waals surface area (Å²) in [5.74, 6) is 0.654. The molecule has 2 aliphatic rings. The Morgan fingerprint density at radius 3 is 2.61 bits per heavy atom. The number of likely N-dealkylation sites (tertiary alicyclic amines) is 1. The van der Waals surface area contributed by atoms with E-state index in [1.807, 2.05) is 41.0 Å². The van der Waals surface area contributed by atoms with Crippen molar-refractivity contribution in [1.29, 1.82) is 0 Å². The summed E-state index contributed by atoms with van der Waals surface area (Å²) in [6.07, 6.45) is 1.32. The van der Waals surface area contributed by atoms with Gasteiger partial charge < -0.3 is 24.8 Å². The summed E-state index contributed by atoms with van der Waals surface area (Å²) in [5, 5.41) is 5.90. The molecule has 0 spiro atoms. The third-order valence-electron chi connectivity index (χ3n) is 7.00. The molecule has 0 unspecified atom stereocenters. The van der Waals surface area contributed by atoms with Crippen molar-refractivity contribution in [3.8, 4) is 5.75 Å². The largest absolute Gasteiger partial charge is 0.497 e. The summed E-state index contributed by atoms with van der Waals surface area (Å²) in [6.45, 7) is 1.68. The number of carbonyl (C=O) groups excluding carboxylic acids is 2. The number of amides is 3. The molecular formula is C28H30N4O4. The zero-order valence-electron chi connectivity index (χ0n) is 20.2. The van der Waals surface area contributed by atoms with Crippen LogP contribution in [0.4, 0.5) is 10.5 Å². The number of pyridine rings is 1. The Labute approximate surface area is 209 Å². The first-order valence-electron chi connectivity index (χ1n) is 12.2. The van der Waals surface area contributed by atoms with Crippen LogP contribution in [-0.4, -0.2) is 47.6 Å². The van der Waals surface area contributed by atoms with Crippen molar-refractivity contribution in [2.24, 2.45) is 5.92 Å². The second-order valence-corrected chi connectivity index (χ2v) is 9.52. The fraction of sp³-hybridized carbons (Fsp3) is 0.321.